The molecule has 1 aromatic carbocycles. The molecule has 2 amide bonds. The van der Waals surface area contributed by atoms with Crippen molar-refractivity contribution < 1.29 is 9.00 Å². The Hall–Kier alpha value is -0.780. The van der Waals surface area contributed by atoms with E-state index in [1.54, 1.807) is 18.4 Å². The van der Waals surface area contributed by atoms with Crippen LogP contribution in [0, 0.1) is 0 Å². The van der Waals surface area contributed by atoms with Crippen molar-refractivity contribution in [3.8, 4) is 0 Å². The van der Waals surface area contributed by atoms with E-state index in [1.165, 1.54) is 0 Å². The molecule has 0 bridgehead atoms. The van der Waals surface area contributed by atoms with Gasteiger partial charge in [-0.3, -0.25) is 4.21 Å². The molecule has 7 heteroatoms. The van der Waals surface area contributed by atoms with E-state index in [4.69, 9.17) is 23.2 Å². The number of halogens is 2. The first-order chi connectivity index (χ1) is 9.29. The van der Waals surface area contributed by atoms with Gasteiger partial charge in [-0.1, -0.05) is 29.3 Å². The highest BCUT2D eigenvalue weighted by Crippen LogP contribution is 2.25. The average Bonchev–Trinajstić information content (AvgIpc) is 2.30. The van der Waals surface area contributed by atoms with E-state index in [0.29, 0.717) is 15.8 Å². The number of carbonyl (C=O) groups excluding carboxylic acids is 1. The third-order valence-corrected chi connectivity index (χ3v) is 4.36. The monoisotopic (exact) mass is 336 g/mol. The summed E-state index contributed by atoms with van der Waals surface area (Å²) in [5.41, 5.74) is 0.862. The molecule has 0 unspecified atom stereocenters. The van der Waals surface area contributed by atoms with Crippen LogP contribution in [0.25, 0.3) is 0 Å². The van der Waals surface area contributed by atoms with Crippen molar-refractivity contribution in [1.29, 1.82) is 0 Å². The molecule has 1 aromatic rings. The number of hydrogen-bond acceptors (Lipinski definition) is 2. The molecule has 0 fully saturated rings. The van der Waals surface area contributed by atoms with Crippen molar-refractivity contribution >= 4 is 40.0 Å². The predicted octanol–water partition coefficient (Wildman–Crippen LogP) is 3.12. The van der Waals surface area contributed by atoms with Gasteiger partial charge in [0.05, 0.1) is 16.1 Å². The van der Waals surface area contributed by atoms with Crippen molar-refractivity contribution in [1.82, 2.24) is 10.6 Å². The highest BCUT2D eigenvalue weighted by molar-refractivity contribution is 7.84. The maximum Gasteiger partial charge on any atom is 0.315 e. The van der Waals surface area contributed by atoms with Gasteiger partial charge in [0.15, 0.2) is 0 Å². The van der Waals surface area contributed by atoms with Crippen molar-refractivity contribution in [2.45, 2.75) is 25.9 Å². The summed E-state index contributed by atoms with van der Waals surface area (Å²) in [5, 5.41) is 6.46. The third-order valence-electron chi connectivity index (χ3n) is 2.65. The van der Waals surface area contributed by atoms with Crippen molar-refractivity contribution in [2.24, 2.45) is 0 Å². The minimum Gasteiger partial charge on any atom is -0.335 e. The van der Waals surface area contributed by atoms with Crippen LogP contribution in [-0.2, 0) is 10.8 Å². The molecular formula is C13H18Cl2N2O2S. The molecule has 4 nitrogen and oxygen atoms in total. The van der Waals surface area contributed by atoms with E-state index < -0.39 is 10.8 Å². The quantitative estimate of drug-likeness (QED) is 0.867. The first-order valence-corrected chi connectivity index (χ1v) is 8.60. The summed E-state index contributed by atoms with van der Waals surface area (Å²) in [6, 6.07) is 4.56. The fraction of sp³-hybridized carbons (Fsp3) is 0.462. The summed E-state index contributed by atoms with van der Waals surface area (Å²) in [6.45, 7) is 3.66. The predicted molar refractivity (Wildman–Crippen MR) is 84.9 cm³/mol. The Labute approximate surface area is 131 Å². The number of amides is 2. The molecule has 0 heterocycles. The lowest BCUT2D eigenvalue weighted by Crippen LogP contribution is -2.43. The van der Waals surface area contributed by atoms with Crippen molar-refractivity contribution in [3.63, 3.8) is 0 Å². The van der Waals surface area contributed by atoms with Gasteiger partial charge in [0.25, 0.3) is 0 Å². The van der Waals surface area contributed by atoms with Crippen LogP contribution in [0.15, 0.2) is 18.2 Å². The summed E-state index contributed by atoms with van der Waals surface area (Å²) < 4.78 is 11.1. The lowest BCUT2D eigenvalue weighted by atomic mass is 10.1. The Morgan fingerprint density at radius 2 is 1.90 bits per heavy atom. The molecule has 0 radical (unpaired) electrons. The van der Waals surface area contributed by atoms with E-state index in [1.807, 2.05) is 19.9 Å². The summed E-state index contributed by atoms with van der Waals surface area (Å²) in [5.74, 6) is 0.425. The largest absolute Gasteiger partial charge is 0.335 e. The van der Waals surface area contributed by atoms with E-state index in [0.717, 1.165) is 5.56 Å². The smallest absolute Gasteiger partial charge is 0.315 e. The van der Waals surface area contributed by atoms with E-state index in [2.05, 4.69) is 10.6 Å². The Balaban J connectivity index is 2.56. The van der Waals surface area contributed by atoms with Crippen LogP contribution in [0.1, 0.15) is 25.5 Å². The zero-order chi connectivity index (χ0) is 15.3. The first kappa shape index (κ1) is 17.3. The summed E-state index contributed by atoms with van der Waals surface area (Å²) >= 11 is 11.8. The highest BCUT2D eigenvalue weighted by atomic mass is 35.5. The summed E-state index contributed by atoms with van der Waals surface area (Å²) in [4.78, 5) is 11.8. The molecule has 0 aliphatic carbocycles. The van der Waals surface area contributed by atoms with E-state index in [9.17, 15) is 9.00 Å². The van der Waals surface area contributed by atoms with Crippen LogP contribution in [0.2, 0.25) is 10.0 Å². The minimum atomic E-state index is -0.941. The normalized spacial score (nSPS) is 15.2. The summed E-state index contributed by atoms with van der Waals surface area (Å²) in [7, 11) is -0.941. The molecule has 0 saturated heterocycles. The zero-order valence-corrected chi connectivity index (χ0v) is 13.9. The second-order valence-electron chi connectivity index (χ2n) is 4.65. The van der Waals surface area contributed by atoms with Gasteiger partial charge in [0.1, 0.15) is 0 Å². The third kappa shape index (κ3) is 5.69. The second-order valence-corrected chi connectivity index (χ2v) is 6.95. The topological polar surface area (TPSA) is 58.2 Å². The second kappa shape index (κ2) is 7.86. The van der Waals surface area contributed by atoms with E-state index in [-0.39, 0.29) is 18.1 Å². The lowest BCUT2D eigenvalue weighted by Gasteiger charge is -2.18. The minimum absolute atomic E-state index is 0.151. The van der Waals surface area contributed by atoms with Gasteiger partial charge in [-0.05, 0) is 31.5 Å². The number of hydrogen-bond donors (Lipinski definition) is 2. The van der Waals surface area contributed by atoms with Gasteiger partial charge >= 0.3 is 6.03 Å². The standard InChI is InChI=1S/C13H18Cl2N2O2S/c1-8(7-20(3)19)16-13(18)17-9(2)10-4-5-11(14)12(15)6-10/h4-6,8-9H,7H2,1-3H3,(H2,16,17,18)/t8-,9+,20+/m1/s1. The Morgan fingerprint density at radius 1 is 1.25 bits per heavy atom. The van der Waals surface area contributed by atoms with Crippen LogP contribution < -0.4 is 10.6 Å². The molecule has 0 aliphatic heterocycles. The molecule has 0 saturated carbocycles. The SMILES string of the molecule is C[C@H](C[S@](C)=O)NC(=O)N[C@@H](C)c1ccc(Cl)c(Cl)c1. The molecule has 112 valence electrons. The molecule has 20 heavy (non-hydrogen) atoms. The zero-order valence-electron chi connectivity index (χ0n) is 11.6. The van der Waals surface area contributed by atoms with Crippen LogP contribution in [-0.4, -0.2) is 28.3 Å². The number of nitrogens with one attached hydrogen (secondary N) is 2. The fourth-order valence-corrected chi connectivity index (χ4v) is 2.81. The Kier molecular flexibility index (Phi) is 6.79. The van der Waals surface area contributed by atoms with Gasteiger partial charge in [0.2, 0.25) is 0 Å². The molecule has 0 aromatic heterocycles. The van der Waals surface area contributed by atoms with Gasteiger partial charge < -0.3 is 10.6 Å². The average molecular weight is 337 g/mol. The van der Waals surface area contributed by atoms with Crippen LogP contribution in [0.5, 0.6) is 0 Å². The number of benzene rings is 1. The van der Waals surface area contributed by atoms with Crippen molar-refractivity contribution in [3.05, 3.63) is 33.8 Å². The lowest BCUT2D eigenvalue weighted by molar-refractivity contribution is 0.235. The number of carbonyl (C=O) groups is 1. The summed E-state index contributed by atoms with van der Waals surface area (Å²) in [6.07, 6.45) is 1.61. The molecule has 2 N–H and O–H groups in total. The molecular weight excluding hydrogens is 319 g/mol. The maximum absolute atomic E-state index is 11.8. The van der Waals surface area contributed by atoms with Crippen LogP contribution >= 0.6 is 23.2 Å². The van der Waals surface area contributed by atoms with Gasteiger partial charge in [-0.25, -0.2) is 4.79 Å². The number of urea groups is 1. The molecule has 0 aliphatic rings. The molecule has 3 atom stereocenters. The van der Waals surface area contributed by atoms with Gasteiger partial charge in [0, 0.05) is 28.9 Å². The highest BCUT2D eigenvalue weighted by Gasteiger charge is 2.13. The number of rotatable bonds is 5. The van der Waals surface area contributed by atoms with Crippen LogP contribution in [0.3, 0.4) is 0 Å². The molecule has 1 rings (SSSR count). The molecule has 0 spiro atoms. The van der Waals surface area contributed by atoms with Gasteiger partial charge in [-0.15, -0.1) is 0 Å². The Bertz CT molecular complexity index is 511. The maximum atomic E-state index is 11.8. The van der Waals surface area contributed by atoms with Crippen LogP contribution in [0.4, 0.5) is 4.79 Å². The Morgan fingerprint density at radius 3 is 2.45 bits per heavy atom. The fourth-order valence-electron chi connectivity index (χ4n) is 1.72. The first-order valence-electron chi connectivity index (χ1n) is 6.11. The van der Waals surface area contributed by atoms with E-state index >= 15 is 0 Å². The van der Waals surface area contributed by atoms with Gasteiger partial charge in [-0.2, -0.15) is 0 Å². The van der Waals surface area contributed by atoms with Crippen molar-refractivity contribution in [2.75, 3.05) is 12.0 Å².